The van der Waals surface area contributed by atoms with Crippen molar-refractivity contribution in [1.29, 1.82) is 0 Å². The molecule has 2 unspecified atom stereocenters. The smallest absolute Gasteiger partial charge is 0.384 e. The van der Waals surface area contributed by atoms with Crippen molar-refractivity contribution in [3.8, 4) is 0 Å². The molecule has 2 aromatic carbocycles. The number of halogens is 8. The van der Waals surface area contributed by atoms with Gasteiger partial charge in [-0.3, -0.25) is 14.4 Å². The number of Topliss-reactive ketones (excluding diaryl/α,β-unsaturated/α-hetero) is 1. The molecule has 3 N–H and O–H groups in total. The van der Waals surface area contributed by atoms with Gasteiger partial charge in [0.1, 0.15) is 18.6 Å². The number of aliphatic hydroxyl groups excluding tert-OH is 1. The zero-order valence-corrected chi connectivity index (χ0v) is 19.7. The van der Waals surface area contributed by atoms with Crippen molar-refractivity contribution in [1.82, 2.24) is 10.6 Å². The Labute approximate surface area is 210 Å². The number of aryl methyl sites for hydroxylation is 1. The molecule has 0 radical (unpaired) electrons. The van der Waals surface area contributed by atoms with E-state index < -0.39 is 60.6 Å². The van der Waals surface area contributed by atoms with E-state index in [0.29, 0.717) is 0 Å². The van der Waals surface area contributed by atoms with Gasteiger partial charge >= 0.3 is 12.4 Å². The number of amides is 2. The highest BCUT2D eigenvalue weighted by molar-refractivity contribution is 6.34. The Morgan fingerprint density at radius 3 is 2.03 bits per heavy atom. The predicted molar refractivity (Wildman–Crippen MR) is 118 cm³/mol. The van der Waals surface area contributed by atoms with Gasteiger partial charge < -0.3 is 15.7 Å². The van der Waals surface area contributed by atoms with Crippen LogP contribution < -0.4 is 10.6 Å². The second-order valence-electron chi connectivity index (χ2n) is 7.64. The molecule has 0 saturated heterocycles. The van der Waals surface area contributed by atoms with Gasteiger partial charge in [0.2, 0.25) is 5.91 Å². The van der Waals surface area contributed by atoms with Crippen LogP contribution in [0.4, 0.5) is 26.3 Å². The number of hydrogen-bond donors (Lipinski definition) is 3. The third-order valence-electron chi connectivity index (χ3n) is 4.83. The Balaban J connectivity index is 2.19. The first-order chi connectivity index (χ1) is 16.5. The number of hydrogen-bond acceptors (Lipinski definition) is 4. The Kier molecular flexibility index (Phi) is 9.38. The van der Waals surface area contributed by atoms with Crippen LogP contribution >= 0.6 is 23.2 Å². The lowest BCUT2D eigenvalue weighted by atomic mass is 9.87. The van der Waals surface area contributed by atoms with Crippen LogP contribution in [-0.4, -0.2) is 54.3 Å². The molecule has 14 heteroatoms. The number of alkyl halides is 6. The lowest BCUT2D eigenvalue weighted by Gasteiger charge is -2.25. The highest BCUT2D eigenvalue weighted by Crippen LogP contribution is 2.40. The van der Waals surface area contributed by atoms with Crippen LogP contribution in [0.15, 0.2) is 36.4 Å². The third-order valence-corrected chi connectivity index (χ3v) is 5.27. The molecule has 0 bridgehead atoms. The molecule has 0 spiro atoms. The summed E-state index contributed by atoms with van der Waals surface area (Å²) in [6, 6.07) is 6.15. The Bertz CT molecular complexity index is 1130. The first-order valence-corrected chi connectivity index (χ1v) is 10.7. The van der Waals surface area contributed by atoms with Crippen LogP contribution in [0.5, 0.6) is 0 Å². The number of nitrogens with one attached hydrogen (secondary N) is 2. The summed E-state index contributed by atoms with van der Waals surface area (Å²) in [6.45, 7) is -1.02. The van der Waals surface area contributed by atoms with E-state index in [1.54, 1.807) is 5.32 Å². The highest BCUT2D eigenvalue weighted by atomic mass is 35.5. The van der Waals surface area contributed by atoms with Gasteiger partial charge in [0.15, 0.2) is 5.78 Å². The quantitative estimate of drug-likeness (QED) is 0.326. The Morgan fingerprint density at radius 2 is 1.53 bits per heavy atom. The van der Waals surface area contributed by atoms with E-state index in [-0.39, 0.29) is 26.7 Å². The van der Waals surface area contributed by atoms with Crippen molar-refractivity contribution in [2.75, 3.05) is 13.1 Å². The van der Waals surface area contributed by atoms with Crippen LogP contribution in [0.2, 0.25) is 10.0 Å². The van der Waals surface area contributed by atoms with E-state index in [4.69, 9.17) is 23.2 Å². The molecule has 0 saturated carbocycles. The fraction of sp³-hybridized carbons (Fsp3) is 0.318. The average Bonchev–Trinajstić information content (AvgIpc) is 2.73. The molecule has 0 aliphatic carbocycles. The summed E-state index contributed by atoms with van der Waals surface area (Å²) >= 11 is 11.5. The Hall–Kier alpha value is -2.83. The van der Waals surface area contributed by atoms with Gasteiger partial charge in [-0.15, -0.1) is 0 Å². The number of rotatable bonds is 8. The van der Waals surface area contributed by atoms with Crippen molar-refractivity contribution in [2.45, 2.75) is 31.3 Å². The van der Waals surface area contributed by atoms with E-state index >= 15 is 0 Å². The summed E-state index contributed by atoms with van der Waals surface area (Å²) in [5, 5.41) is 13.8. The van der Waals surface area contributed by atoms with E-state index in [1.165, 1.54) is 13.0 Å². The normalized spacial score (nSPS) is 13.6. The summed E-state index contributed by atoms with van der Waals surface area (Å²) in [5.74, 6) is -5.93. The second kappa shape index (κ2) is 11.5. The molecule has 6 nitrogen and oxygen atoms in total. The highest BCUT2D eigenvalue weighted by Gasteiger charge is 2.48. The molecule has 2 atom stereocenters. The van der Waals surface area contributed by atoms with Crippen molar-refractivity contribution in [3.63, 3.8) is 0 Å². The molecule has 2 amide bonds. The summed E-state index contributed by atoms with van der Waals surface area (Å²) in [7, 11) is 0. The molecule has 2 aromatic rings. The molecule has 0 fully saturated rings. The van der Waals surface area contributed by atoms with Crippen molar-refractivity contribution < 1.29 is 45.8 Å². The SMILES string of the molecule is Cc1cc(C(=O)C(O)C(c2cc(Cl)cc(Cl)c2)C(F)(F)F)ccc1C(=O)NCC(=O)NCC(F)(F)F. The molecule has 2 rings (SSSR count). The monoisotopic (exact) mass is 558 g/mol. The molecule has 0 aliphatic heterocycles. The minimum atomic E-state index is -5.05. The summed E-state index contributed by atoms with van der Waals surface area (Å²) in [5.41, 5.74) is -0.881. The zero-order chi connectivity index (χ0) is 27.4. The summed E-state index contributed by atoms with van der Waals surface area (Å²) in [6.07, 6.45) is -12.3. The van der Waals surface area contributed by atoms with Crippen LogP contribution in [0.1, 0.15) is 37.8 Å². The van der Waals surface area contributed by atoms with E-state index in [1.807, 2.05) is 0 Å². The first-order valence-electron chi connectivity index (χ1n) is 9.97. The number of aliphatic hydroxyl groups is 1. The van der Waals surface area contributed by atoms with Crippen molar-refractivity contribution in [3.05, 3.63) is 68.7 Å². The van der Waals surface area contributed by atoms with Gasteiger partial charge in [0.25, 0.3) is 5.91 Å². The largest absolute Gasteiger partial charge is 0.405 e. The van der Waals surface area contributed by atoms with Crippen LogP contribution in [0.3, 0.4) is 0 Å². The number of ketones is 1. The van der Waals surface area contributed by atoms with Gasteiger partial charge in [-0.1, -0.05) is 29.3 Å². The van der Waals surface area contributed by atoms with E-state index in [9.17, 15) is 45.8 Å². The predicted octanol–water partition coefficient (Wildman–Crippen LogP) is 4.60. The van der Waals surface area contributed by atoms with Gasteiger partial charge in [-0.2, -0.15) is 26.3 Å². The molecular weight excluding hydrogens is 541 g/mol. The summed E-state index contributed by atoms with van der Waals surface area (Å²) < 4.78 is 77.7. The standard InChI is InChI=1S/C22H18Cl2F6N2O4/c1-10-4-11(2-3-15(10)20(36)31-8-16(33)32-9-21(25,26)27)18(34)19(35)17(22(28,29)30)12-5-13(23)7-14(24)6-12/h2-7,17,19,35H,8-9H2,1H3,(H,31,36)(H,32,33). The molecule has 0 aliphatic rings. The molecule has 0 aromatic heterocycles. The van der Waals surface area contributed by atoms with Gasteiger partial charge in [-0.25, -0.2) is 0 Å². The van der Waals surface area contributed by atoms with Crippen LogP contribution in [-0.2, 0) is 4.79 Å². The Morgan fingerprint density at radius 1 is 0.944 bits per heavy atom. The number of benzene rings is 2. The molecule has 0 heterocycles. The second-order valence-corrected chi connectivity index (χ2v) is 8.51. The van der Waals surface area contributed by atoms with Gasteiger partial charge in [0, 0.05) is 21.2 Å². The fourth-order valence-corrected chi connectivity index (χ4v) is 3.76. The number of carbonyl (C=O) groups is 3. The van der Waals surface area contributed by atoms with Crippen LogP contribution in [0.25, 0.3) is 0 Å². The van der Waals surface area contributed by atoms with Crippen LogP contribution in [0, 0.1) is 6.92 Å². The maximum absolute atomic E-state index is 13.8. The minimum absolute atomic E-state index is 0.0932. The van der Waals surface area contributed by atoms with Gasteiger partial charge in [-0.05, 0) is 48.4 Å². The first kappa shape index (κ1) is 29.4. The maximum Gasteiger partial charge on any atom is 0.405 e. The average molecular weight is 559 g/mol. The lowest BCUT2D eigenvalue weighted by molar-refractivity contribution is -0.166. The molecule has 36 heavy (non-hydrogen) atoms. The van der Waals surface area contributed by atoms with Crippen molar-refractivity contribution >= 4 is 40.8 Å². The molecule has 196 valence electrons. The third kappa shape index (κ3) is 8.10. The lowest BCUT2D eigenvalue weighted by Crippen LogP contribution is -2.41. The zero-order valence-electron chi connectivity index (χ0n) is 18.2. The fourth-order valence-electron chi connectivity index (χ4n) is 3.22. The van der Waals surface area contributed by atoms with Gasteiger partial charge in [0.05, 0.1) is 6.54 Å². The topological polar surface area (TPSA) is 95.5 Å². The minimum Gasteiger partial charge on any atom is -0.384 e. The van der Waals surface area contributed by atoms with E-state index in [2.05, 4.69) is 5.32 Å². The summed E-state index contributed by atoms with van der Waals surface area (Å²) in [4.78, 5) is 36.4. The maximum atomic E-state index is 13.8. The number of carbonyl (C=O) groups excluding carboxylic acids is 3. The van der Waals surface area contributed by atoms with Crippen molar-refractivity contribution in [2.24, 2.45) is 0 Å². The van der Waals surface area contributed by atoms with E-state index in [0.717, 1.165) is 30.3 Å². The molecular formula is C22H18Cl2F6N2O4.